The average Bonchev–Trinajstić information content (AvgIpc) is 2.38. The number of halogens is 1. The molecule has 0 aliphatic heterocycles. The first-order chi connectivity index (χ1) is 8.28. The van der Waals surface area contributed by atoms with E-state index < -0.39 is 0 Å². The molecule has 0 bridgehead atoms. The quantitative estimate of drug-likeness (QED) is 0.849. The smallest absolute Gasteiger partial charge is 0.224 e. The largest absolute Gasteiger partial charge is 0.366 e. The third kappa shape index (κ3) is 3.14. The van der Waals surface area contributed by atoms with Crippen molar-refractivity contribution in [1.82, 2.24) is 9.97 Å². The lowest BCUT2D eigenvalue weighted by molar-refractivity contribution is 0.627. The van der Waals surface area contributed by atoms with Crippen LogP contribution in [0.4, 0.5) is 16.2 Å². The van der Waals surface area contributed by atoms with E-state index >= 15 is 0 Å². The SMILES string of the molecule is CNc1nccc(NCc2ccc(F)cc2)n1. The highest BCUT2D eigenvalue weighted by atomic mass is 19.1. The molecule has 0 saturated carbocycles. The van der Waals surface area contributed by atoms with Crippen LogP contribution in [0.5, 0.6) is 0 Å². The highest BCUT2D eigenvalue weighted by molar-refractivity contribution is 5.39. The molecular weight excluding hydrogens is 219 g/mol. The lowest BCUT2D eigenvalue weighted by Gasteiger charge is -2.06. The van der Waals surface area contributed by atoms with Crippen LogP contribution in [0.25, 0.3) is 0 Å². The Balaban J connectivity index is 1.99. The third-order valence-corrected chi connectivity index (χ3v) is 2.27. The van der Waals surface area contributed by atoms with Crippen molar-refractivity contribution in [3.05, 3.63) is 47.9 Å². The monoisotopic (exact) mass is 232 g/mol. The fourth-order valence-corrected chi connectivity index (χ4v) is 1.37. The fraction of sp³-hybridized carbons (Fsp3) is 0.167. The minimum atomic E-state index is -0.228. The summed E-state index contributed by atoms with van der Waals surface area (Å²) in [5, 5.41) is 6.00. The first-order valence-corrected chi connectivity index (χ1v) is 5.27. The van der Waals surface area contributed by atoms with Crippen LogP contribution in [-0.4, -0.2) is 17.0 Å². The summed E-state index contributed by atoms with van der Waals surface area (Å²) in [5.74, 6) is 1.07. The second-order valence-electron chi connectivity index (χ2n) is 3.50. The molecule has 0 aliphatic carbocycles. The van der Waals surface area contributed by atoms with Gasteiger partial charge < -0.3 is 10.6 Å². The molecule has 1 aromatic heterocycles. The standard InChI is InChI=1S/C12H13FN4/c1-14-12-15-7-6-11(17-12)16-8-9-2-4-10(13)5-3-9/h2-7H,8H2,1H3,(H2,14,15,16,17). The van der Waals surface area contributed by atoms with Gasteiger partial charge in [-0.2, -0.15) is 4.98 Å². The van der Waals surface area contributed by atoms with Crippen LogP contribution in [0.15, 0.2) is 36.5 Å². The minimum absolute atomic E-state index is 0.228. The molecule has 88 valence electrons. The highest BCUT2D eigenvalue weighted by Crippen LogP contribution is 2.08. The zero-order chi connectivity index (χ0) is 12.1. The molecule has 0 atom stereocenters. The predicted molar refractivity (Wildman–Crippen MR) is 65.3 cm³/mol. The number of hydrogen-bond donors (Lipinski definition) is 2. The van der Waals surface area contributed by atoms with Gasteiger partial charge in [-0.1, -0.05) is 12.1 Å². The van der Waals surface area contributed by atoms with Crippen LogP contribution in [0.2, 0.25) is 0 Å². The Bertz CT molecular complexity index is 484. The van der Waals surface area contributed by atoms with Gasteiger partial charge in [0.1, 0.15) is 11.6 Å². The van der Waals surface area contributed by atoms with Gasteiger partial charge in [0.2, 0.25) is 5.95 Å². The Kier molecular flexibility index (Phi) is 3.49. The summed E-state index contributed by atoms with van der Waals surface area (Å²) in [6, 6.07) is 8.14. The number of hydrogen-bond acceptors (Lipinski definition) is 4. The first kappa shape index (κ1) is 11.3. The number of rotatable bonds is 4. The molecule has 5 heteroatoms. The van der Waals surface area contributed by atoms with Crippen LogP contribution >= 0.6 is 0 Å². The summed E-state index contributed by atoms with van der Waals surface area (Å²) in [7, 11) is 1.76. The average molecular weight is 232 g/mol. The molecule has 0 aliphatic rings. The van der Waals surface area contributed by atoms with Crippen LogP contribution in [-0.2, 0) is 6.54 Å². The molecule has 1 aromatic carbocycles. The van der Waals surface area contributed by atoms with Crippen molar-refractivity contribution in [3.63, 3.8) is 0 Å². The van der Waals surface area contributed by atoms with Gasteiger partial charge in [0.25, 0.3) is 0 Å². The maximum atomic E-state index is 12.7. The summed E-state index contributed by atoms with van der Waals surface area (Å²) in [4.78, 5) is 8.23. The van der Waals surface area contributed by atoms with Gasteiger partial charge >= 0.3 is 0 Å². The molecular formula is C12H13FN4. The Hall–Kier alpha value is -2.17. The van der Waals surface area contributed by atoms with E-state index in [1.165, 1.54) is 12.1 Å². The summed E-state index contributed by atoms with van der Waals surface area (Å²) < 4.78 is 12.7. The van der Waals surface area contributed by atoms with Crippen molar-refractivity contribution in [3.8, 4) is 0 Å². The maximum absolute atomic E-state index is 12.7. The summed E-state index contributed by atoms with van der Waals surface area (Å²) in [6.07, 6.45) is 1.67. The Morgan fingerprint density at radius 1 is 1.18 bits per heavy atom. The van der Waals surface area contributed by atoms with Crippen LogP contribution in [0.1, 0.15) is 5.56 Å². The minimum Gasteiger partial charge on any atom is -0.366 e. The van der Waals surface area contributed by atoms with Gasteiger partial charge in [0.15, 0.2) is 0 Å². The lowest BCUT2D eigenvalue weighted by Crippen LogP contribution is -2.04. The normalized spacial score (nSPS) is 10.0. The zero-order valence-electron chi connectivity index (χ0n) is 9.44. The second kappa shape index (κ2) is 5.25. The van der Waals surface area contributed by atoms with Gasteiger partial charge in [0.05, 0.1) is 0 Å². The molecule has 0 fully saturated rings. The van der Waals surface area contributed by atoms with Gasteiger partial charge in [-0.05, 0) is 23.8 Å². The molecule has 0 radical (unpaired) electrons. The summed E-state index contributed by atoms with van der Waals surface area (Å²) in [5.41, 5.74) is 0.996. The van der Waals surface area contributed by atoms with Crippen LogP contribution in [0, 0.1) is 5.82 Å². The number of anilines is 2. The molecule has 1 heterocycles. The molecule has 2 aromatic rings. The first-order valence-electron chi connectivity index (χ1n) is 5.27. The Morgan fingerprint density at radius 2 is 1.94 bits per heavy atom. The van der Waals surface area contributed by atoms with E-state index in [0.717, 1.165) is 11.4 Å². The molecule has 0 saturated heterocycles. The van der Waals surface area contributed by atoms with Crippen molar-refractivity contribution in [2.45, 2.75) is 6.54 Å². The van der Waals surface area contributed by atoms with E-state index in [2.05, 4.69) is 20.6 Å². The van der Waals surface area contributed by atoms with Crippen molar-refractivity contribution in [2.24, 2.45) is 0 Å². The van der Waals surface area contributed by atoms with E-state index in [1.807, 2.05) is 0 Å². The third-order valence-electron chi connectivity index (χ3n) is 2.27. The Morgan fingerprint density at radius 3 is 2.65 bits per heavy atom. The molecule has 17 heavy (non-hydrogen) atoms. The van der Waals surface area contributed by atoms with E-state index in [9.17, 15) is 4.39 Å². The summed E-state index contributed by atoms with van der Waals surface area (Å²) in [6.45, 7) is 0.598. The van der Waals surface area contributed by atoms with Gasteiger partial charge in [-0.15, -0.1) is 0 Å². The van der Waals surface area contributed by atoms with E-state index in [4.69, 9.17) is 0 Å². The van der Waals surface area contributed by atoms with Crippen LogP contribution in [0.3, 0.4) is 0 Å². The number of nitrogens with zero attached hydrogens (tertiary/aromatic N) is 2. The van der Waals surface area contributed by atoms with Gasteiger partial charge in [0, 0.05) is 19.8 Å². The molecule has 2 N–H and O–H groups in total. The van der Waals surface area contributed by atoms with E-state index in [-0.39, 0.29) is 5.82 Å². The topological polar surface area (TPSA) is 49.8 Å². The maximum Gasteiger partial charge on any atom is 0.224 e. The molecule has 4 nitrogen and oxygen atoms in total. The van der Waals surface area contributed by atoms with Crippen molar-refractivity contribution < 1.29 is 4.39 Å². The molecule has 0 spiro atoms. The van der Waals surface area contributed by atoms with Crippen molar-refractivity contribution in [1.29, 1.82) is 0 Å². The van der Waals surface area contributed by atoms with E-state index in [1.54, 1.807) is 31.4 Å². The number of nitrogens with one attached hydrogen (secondary N) is 2. The molecule has 0 unspecified atom stereocenters. The van der Waals surface area contributed by atoms with Gasteiger partial charge in [-0.3, -0.25) is 0 Å². The van der Waals surface area contributed by atoms with E-state index in [0.29, 0.717) is 12.5 Å². The summed E-state index contributed by atoms with van der Waals surface area (Å²) >= 11 is 0. The van der Waals surface area contributed by atoms with Crippen molar-refractivity contribution >= 4 is 11.8 Å². The number of aromatic nitrogens is 2. The second-order valence-corrected chi connectivity index (χ2v) is 3.50. The Labute approximate surface area is 98.9 Å². The van der Waals surface area contributed by atoms with Crippen LogP contribution < -0.4 is 10.6 Å². The fourth-order valence-electron chi connectivity index (χ4n) is 1.37. The van der Waals surface area contributed by atoms with Crippen molar-refractivity contribution in [2.75, 3.05) is 17.7 Å². The molecule has 2 rings (SSSR count). The predicted octanol–water partition coefficient (Wildman–Crippen LogP) is 2.27. The highest BCUT2D eigenvalue weighted by Gasteiger charge is 1.98. The lowest BCUT2D eigenvalue weighted by atomic mass is 10.2. The number of benzene rings is 1. The molecule has 0 amide bonds. The zero-order valence-corrected chi connectivity index (χ0v) is 9.44. The van der Waals surface area contributed by atoms with Gasteiger partial charge in [-0.25, -0.2) is 9.37 Å².